The van der Waals surface area contributed by atoms with Gasteiger partial charge in [0.15, 0.2) is 0 Å². The van der Waals surface area contributed by atoms with Gasteiger partial charge in [0.05, 0.1) is 6.61 Å². The lowest BCUT2D eigenvalue weighted by Crippen LogP contribution is -2.16. The molecule has 1 aliphatic carbocycles. The van der Waals surface area contributed by atoms with Gasteiger partial charge in [-0.05, 0) is 25.2 Å². The van der Waals surface area contributed by atoms with E-state index in [9.17, 15) is 0 Å². The molecule has 0 spiro atoms. The summed E-state index contributed by atoms with van der Waals surface area (Å²) in [5, 5.41) is 3.26. The summed E-state index contributed by atoms with van der Waals surface area (Å²) in [5.74, 6) is 7.73. The van der Waals surface area contributed by atoms with Crippen LogP contribution in [-0.2, 0) is 11.2 Å². The standard InChI is InChI=1S/C12H21N5O/c1-2-10-11(15-8-16-12(10)17-13)14-5-6-18-7-9-3-4-9/h8-9H,2-7,13H2,1H3,(H2,14,15,16,17). The Bertz CT molecular complexity index is 381. The maximum atomic E-state index is 5.56. The molecule has 2 rings (SSSR count). The van der Waals surface area contributed by atoms with Crippen molar-refractivity contribution < 1.29 is 4.74 Å². The molecule has 6 nitrogen and oxygen atoms in total. The SMILES string of the molecule is CCc1c(NN)ncnc1NCCOCC1CC1. The predicted octanol–water partition coefficient (Wildman–Crippen LogP) is 1.16. The summed E-state index contributed by atoms with van der Waals surface area (Å²) in [6, 6.07) is 0. The summed E-state index contributed by atoms with van der Waals surface area (Å²) in [5.41, 5.74) is 3.59. The number of rotatable bonds is 8. The fraction of sp³-hybridized carbons (Fsp3) is 0.667. The third-order valence-corrected chi connectivity index (χ3v) is 3.02. The van der Waals surface area contributed by atoms with Crippen LogP contribution >= 0.6 is 0 Å². The van der Waals surface area contributed by atoms with E-state index in [4.69, 9.17) is 10.6 Å². The Morgan fingerprint density at radius 3 is 2.83 bits per heavy atom. The highest BCUT2D eigenvalue weighted by atomic mass is 16.5. The van der Waals surface area contributed by atoms with Crippen molar-refractivity contribution in [2.24, 2.45) is 11.8 Å². The fourth-order valence-electron chi connectivity index (χ4n) is 1.80. The van der Waals surface area contributed by atoms with Crippen LogP contribution in [-0.4, -0.2) is 29.7 Å². The lowest BCUT2D eigenvalue weighted by atomic mass is 10.2. The first-order valence-corrected chi connectivity index (χ1v) is 6.47. The Morgan fingerprint density at radius 1 is 1.39 bits per heavy atom. The maximum absolute atomic E-state index is 5.56. The van der Waals surface area contributed by atoms with E-state index in [1.165, 1.54) is 19.2 Å². The number of ether oxygens (including phenoxy) is 1. The molecule has 0 amide bonds. The topological polar surface area (TPSA) is 85.1 Å². The third kappa shape index (κ3) is 3.54. The summed E-state index contributed by atoms with van der Waals surface area (Å²) in [4.78, 5) is 8.32. The highest BCUT2D eigenvalue weighted by molar-refractivity contribution is 5.56. The van der Waals surface area contributed by atoms with Gasteiger partial charge in [-0.15, -0.1) is 0 Å². The molecule has 100 valence electrons. The Kier molecular flexibility index (Phi) is 4.72. The molecule has 1 saturated carbocycles. The number of hydrogen-bond acceptors (Lipinski definition) is 6. The zero-order valence-electron chi connectivity index (χ0n) is 10.8. The third-order valence-electron chi connectivity index (χ3n) is 3.02. The average Bonchev–Trinajstić information content (AvgIpc) is 3.22. The number of nitrogen functional groups attached to an aromatic ring is 1. The maximum Gasteiger partial charge on any atom is 0.148 e. The number of nitrogens with one attached hydrogen (secondary N) is 2. The van der Waals surface area contributed by atoms with Crippen molar-refractivity contribution in [1.29, 1.82) is 0 Å². The molecule has 1 aliphatic rings. The van der Waals surface area contributed by atoms with Gasteiger partial charge in [0.25, 0.3) is 0 Å². The van der Waals surface area contributed by atoms with E-state index < -0.39 is 0 Å². The molecular weight excluding hydrogens is 230 g/mol. The molecule has 0 bridgehead atoms. The van der Waals surface area contributed by atoms with Gasteiger partial charge in [0.1, 0.15) is 18.0 Å². The molecule has 1 fully saturated rings. The second kappa shape index (κ2) is 6.51. The molecule has 6 heteroatoms. The summed E-state index contributed by atoms with van der Waals surface area (Å²) in [6.45, 7) is 4.39. The van der Waals surface area contributed by atoms with E-state index in [0.717, 1.165) is 36.9 Å². The van der Waals surface area contributed by atoms with Gasteiger partial charge in [0, 0.05) is 18.7 Å². The van der Waals surface area contributed by atoms with Gasteiger partial charge < -0.3 is 15.5 Å². The number of anilines is 2. The molecule has 0 atom stereocenters. The highest BCUT2D eigenvalue weighted by Gasteiger charge is 2.20. The molecular formula is C12H21N5O. The van der Waals surface area contributed by atoms with E-state index >= 15 is 0 Å². The van der Waals surface area contributed by atoms with Crippen molar-refractivity contribution >= 4 is 11.6 Å². The van der Waals surface area contributed by atoms with Crippen molar-refractivity contribution in [2.45, 2.75) is 26.2 Å². The summed E-state index contributed by atoms with van der Waals surface area (Å²) >= 11 is 0. The first-order chi connectivity index (χ1) is 8.85. The van der Waals surface area contributed by atoms with Gasteiger partial charge in [-0.25, -0.2) is 15.8 Å². The minimum Gasteiger partial charge on any atom is -0.379 e. The van der Waals surface area contributed by atoms with Gasteiger partial charge in [-0.2, -0.15) is 0 Å². The van der Waals surface area contributed by atoms with E-state index in [-0.39, 0.29) is 0 Å². The van der Waals surface area contributed by atoms with Crippen molar-refractivity contribution in [1.82, 2.24) is 9.97 Å². The monoisotopic (exact) mass is 251 g/mol. The van der Waals surface area contributed by atoms with Crippen LogP contribution < -0.4 is 16.6 Å². The quantitative estimate of drug-likeness (QED) is 0.365. The normalized spacial score (nSPS) is 14.6. The number of hydrogen-bond donors (Lipinski definition) is 3. The van der Waals surface area contributed by atoms with E-state index in [1.54, 1.807) is 0 Å². The molecule has 0 saturated heterocycles. The fourth-order valence-corrected chi connectivity index (χ4v) is 1.80. The molecule has 0 unspecified atom stereocenters. The predicted molar refractivity (Wildman–Crippen MR) is 71.3 cm³/mol. The number of nitrogens with zero attached hydrogens (tertiary/aromatic N) is 2. The Morgan fingerprint density at radius 2 is 2.17 bits per heavy atom. The lowest BCUT2D eigenvalue weighted by Gasteiger charge is -2.12. The largest absolute Gasteiger partial charge is 0.379 e. The summed E-state index contributed by atoms with van der Waals surface area (Å²) in [7, 11) is 0. The highest BCUT2D eigenvalue weighted by Crippen LogP contribution is 2.28. The summed E-state index contributed by atoms with van der Waals surface area (Å²) < 4.78 is 5.56. The number of hydrazine groups is 1. The number of aromatic nitrogens is 2. The molecule has 0 aliphatic heterocycles. The molecule has 1 aromatic heterocycles. The molecule has 4 N–H and O–H groups in total. The van der Waals surface area contributed by atoms with Gasteiger partial charge in [-0.3, -0.25) is 0 Å². The van der Waals surface area contributed by atoms with Crippen molar-refractivity contribution in [2.75, 3.05) is 30.5 Å². The Balaban J connectivity index is 1.79. The zero-order valence-corrected chi connectivity index (χ0v) is 10.8. The van der Waals surface area contributed by atoms with Gasteiger partial charge in [-0.1, -0.05) is 6.92 Å². The van der Waals surface area contributed by atoms with Crippen molar-refractivity contribution in [3.8, 4) is 0 Å². The summed E-state index contributed by atoms with van der Waals surface area (Å²) in [6.07, 6.45) is 4.98. The van der Waals surface area contributed by atoms with E-state index in [2.05, 4.69) is 20.7 Å². The molecule has 18 heavy (non-hydrogen) atoms. The smallest absolute Gasteiger partial charge is 0.148 e. The van der Waals surface area contributed by atoms with Crippen LogP contribution in [0.15, 0.2) is 6.33 Å². The lowest BCUT2D eigenvalue weighted by molar-refractivity contribution is 0.134. The van der Waals surface area contributed by atoms with Crippen LogP contribution in [0, 0.1) is 5.92 Å². The van der Waals surface area contributed by atoms with E-state index in [0.29, 0.717) is 12.4 Å². The average molecular weight is 251 g/mol. The first kappa shape index (κ1) is 13.0. The Hall–Kier alpha value is -1.40. The van der Waals surface area contributed by atoms with Crippen LogP contribution in [0.1, 0.15) is 25.3 Å². The van der Waals surface area contributed by atoms with E-state index in [1.807, 2.05) is 6.92 Å². The second-order valence-electron chi connectivity index (χ2n) is 4.49. The Labute approximate surface area is 107 Å². The molecule has 1 aromatic rings. The van der Waals surface area contributed by atoms with Crippen molar-refractivity contribution in [3.05, 3.63) is 11.9 Å². The van der Waals surface area contributed by atoms with Crippen LogP contribution in [0.5, 0.6) is 0 Å². The molecule has 1 heterocycles. The van der Waals surface area contributed by atoms with Crippen LogP contribution in [0.3, 0.4) is 0 Å². The molecule has 0 radical (unpaired) electrons. The minimum atomic E-state index is 0.675. The van der Waals surface area contributed by atoms with Crippen LogP contribution in [0.2, 0.25) is 0 Å². The van der Waals surface area contributed by atoms with Crippen LogP contribution in [0.4, 0.5) is 11.6 Å². The van der Waals surface area contributed by atoms with Crippen LogP contribution in [0.25, 0.3) is 0 Å². The minimum absolute atomic E-state index is 0.675. The first-order valence-electron chi connectivity index (χ1n) is 6.47. The van der Waals surface area contributed by atoms with Crippen molar-refractivity contribution in [3.63, 3.8) is 0 Å². The zero-order chi connectivity index (χ0) is 12.8. The number of nitrogens with two attached hydrogens (primary N) is 1. The second-order valence-corrected chi connectivity index (χ2v) is 4.49. The molecule has 0 aromatic carbocycles. The van der Waals surface area contributed by atoms with Gasteiger partial charge >= 0.3 is 0 Å². The van der Waals surface area contributed by atoms with Gasteiger partial charge in [0.2, 0.25) is 0 Å².